The Kier molecular flexibility index (Phi) is 5.51. The number of fused-ring (bicyclic) bond motifs is 1. The Morgan fingerprint density at radius 1 is 0.905 bits per heavy atom. The number of rotatable bonds is 3. The van der Waals surface area contributed by atoms with Crippen molar-refractivity contribution in [3.05, 3.63) is 60.2 Å². The van der Waals surface area contributed by atoms with E-state index in [2.05, 4.69) is 73.4 Å². The van der Waals surface area contributed by atoms with Crippen LogP contribution in [0.4, 0.5) is 0 Å². The quantitative estimate of drug-likeness (QED) is 0.586. The van der Waals surface area contributed by atoms with Gasteiger partial charge in [-0.05, 0) is 35.7 Å². The zero-order valence-corrected chi connectivity index (χ0v) is 14.0. The molecule has 2 aromatic carbocycles. The number of hydrogen-bond donors (Lipinski definition) is 1. The molecule has 2 heteroatoms. The molecule has 1 heterocycles. The number of para-hydroxylation sites is 1. The van der Waals surface area contributed by atoms with Gasteiger partial charge in [-0.3, -0.25) is 0 Å². The molecule has 0 aliphatic rings. The van der Waals surface area contributed by atoms with E-state index in [4.69, 9.17) is 0 Å². The van der Waals surface area contributed by atoms with Crippen molar-refractivity contribution >= 4 is 22.7 Å². The van der Waals surface area contributed by atoms with Crippen molar-refractivity contribution in [3.63, 3.8) is 0 Å². The van der Waals surface area contributed by atoms with Gasteiger partial charge in [0.15, 0.2) is 0 Å². The van der Waals surface area contributed by atoms with Gasteiger partial charge in [0, 0.05) is 15.8 Å². The molecule has 0 radical (unpaired) electrons. The topological polar surface area (TPSA) is 15.8 Å². The van der Waals surface area contributed by atoms with Crippen LogP contribution in [0.1, 0.15) is 39.2 Å². The molecule has 0 saturated carbocycles. The summed E-state index contributed by atoms with van der Waals surface area (Å²) in [5, 5.41) is 2.46. The first kappa shape index (κ1) is 15.7. The molecule has 3 rings (SSSR count). The Labute approximate surface area is 131 Å². The molecule has 1 N–H and O–H groups in total. The average molecular weight is 297 g/mol. The number of aromatic nitrogens is 1. The van der Waals surface area contributed by atoms with E-state index in [1.807, 2.05) is 13.8 Å². The lowest BCUT2D eigenvalue weighted by Crippen LogP contribution is -1.85. The zero-order chi connectivity index (χ0) is 15.2. The number of benzene rings is 2. The Morgan fingerprint density at radius 2 is 1.57 bits per heavy atom. The first-order chi connectivity index (χ1) is 10.2. The van der Waals surface area contributed by atoms with Gasteiger partial charge >= 0.3 is 0 Å². The standard InChI is InChI=1S/C17H17NS.C2H6/c1-12(2)13-7-9-15(10-8-13)19-17-11-14-5-3-4-6-16(14)18-17;1-2/h3-12,18H,1-2H3;1-2H3. The minimum Gasteiger partial charge on any atom is -0.349 e. The molecule has 21 heavy (non-hydrogen) atoms. The summed E-state index contributed by atoms with van der Waals surface area (Å²) < 4.78 is 0. The fraction of sp³-hybridized carbons (Fsp3) is 0.263. The highest BCUT2D eigenvalue weighted by atomic mass is 32.2. The van der Waals surface area contributed by atoms with Gasteiger partial charge in [-0.25, -0.2) is 0 Å². The van der Waals surface area contributed by atoms with Crippen LogP contribution < -0.4 is 0 Å². The molecule has 0 aliphatic heterocycles. The lowest BCUT2D eigenvalue weighted by molar-refractivity contribution is 0.865. The van der Waals surface area contributed by atoms with Crippen molar-refractivity contribution in [2.45, 2.75) is 43.5 Å². The number of aromatic amines is 1. The van der Waals surface area contributed by atoms with Crippen LogP contribution in [0.2, 0.25) is 0 Å². The highest BCUT2D eigenvalue weighted by molar-refractivity contribution is 7.99. The normalized spacial score (nSPS) is 10.5. The van der Waals surface area contributed by atoms with E-state index in [1.165, 1.54) is 26.4 Å². The van der Waals surface area contributed by atoms with Crippen LogP contribution in [0.15, 0.2) is 64.5 Å². The molecule has 1 nitrogen and oxygen atoms in total. The van der Waals surface area contributed by atoms with Gasteiger partial charge in [-0.2, -0.15) is 0 Å². The van der Waals surface area contributed by atoms with E-state index in [1.54, 1.807) is 11.8 Å². The van der Waals surface area contributed by atoms with Gasteiger partial charge < -0.3 is 4.98 Å². The molecule has 0 spiro atoms. The van der Waals surface area contributed by atoms with E-state index in [0.29, 0.717) is 5.92 Å². The van der Waals surface area contributed by atoms with Crippen LogP contribution in [-0.4, -0.2) is 4.98 Å². The van der Waals surface area contributed by atoms with E-state index in [-0.39, 0.29) is 0 Å². The Hall–Kier alpha value is -1.67. The van der Waals surface area contributed by atoms with Crippen molar-refractivity contribution in [1.82, 2.24) is 4.98 Å². The molecular weight excluding hydrogens is 274 g/mol. The van der Waals surface area contributed by atoms with Gasteiger partial charge in [0.25, 0.3) is 0 Å². The second-order valence-corrected chi connectivity index (χ2v) is 6.16. The van der Waals surface area contributed by atoms with Crippen LogP contribution >= 0.6 is 11.8 Å². The summed E-state index contributed by atoms with van der Waals surface area (Å²) in [7, 11) is 0. The first-order valence-corrected chi connectivity index (χ1v) is 8.39. The fourth-order valence-corrected chi connectivity index (χ4v) is 3.02. The van der Waals surface area contributed by atoms with E-state index >= 15 is 0 Å². The predicted octanol–water partition coefficient (Wildman–Crippen LogP) is 6.47. The van der Waals surface area contributed by atoms with Crippen molar-refractivity contribution in [3.8, 4) is 0 Å². The van der Waals surface area contributed by atoms with Crippen LogP contribution in [0.3, 0.4) is 0 Å². The molecule has 3 aromatic rings. The maximum absolute atomic E-state index is 3.44. The third-order valence-electron chi connectivity index (χ3n) is 3.28. The summed E-state index contributed by atoms with van der Waals surface area (Å²) in [6, 6.07) is 19.4. The minimum absolute atomic E-state index is 0.590. The summed E-state index contributed by atoms with van der Waals surface area (Å²) >= 11 is 1.78. The molecular formula is C19H23NS. The van der Waals surface area contributed by atoms with Gasteiger partial charge in [-0.1, -0.05) is 69.8 Å². The summed E-state index contributed by atoms with van der Waals surface area (Å²) in [4.78, 5) is 4.72. The van der Waals surface area contributed by atoms with Gasteiger partial charge in [0.2, 0.25) is 0 Å². The predicted molar refractivity (Wildman–Crippen MR) is 94.3 cm³/mol. The van der Waals surface area contributed by atoms with Crippen LogP contribution in [0, 0.1) is 0 Å². The molecule has 0 aliphatic carbocycles. The minimum atomic E-state index is 0.590. The molecule has 0 atom stereocenters. The summed E-state index contributed by atoms with van der Waals surface area (Å²) in [5.41, 5.74) is 2.59. The maximum Gasteiger partial charge on any atom is 0.0780 e. The summed E-state index contributed by atoms with van der Waals surface area (Å²) in [5.74, 6) is 0.590. The van der Waals surface area contributed by atoms with Crippen LogP contribution in [0.5, 0.6) is 0 Å². The van der Waals surface area contributed by atoms with Gasteiger partial charge in [-0.15, -0.1) is 0 Å². The molecule has 0 bridgehead atoms. The lowest BCUT2D eigenvalue weighted by Gasteiger charge is -2.05. The molecule has 1 aromatic heterocycles. The second-order valence-electron chi connectivity index (χ2n) is 5.05. The van der Waals surface area contributed by atoms with Gasteiger partial charge in [0.05, 0.1) is 5.03 Å². The third kappa shape index (κ3) is 3.92. The Bertz CT molecular complexity index is 647. The van der Waals surface area contributed by atoms with Crippen molar-refractivity contribution in [2.24, 2.45) is 0 Å². The monoisotopic (exact) mass is 297 g/mol. The lowest BCUT2D eigenvalue weighted by atomic mass is 10.0. The zero-order valence-electron chi connectivity index (χ0n) is 13.2. The van der Waals surface area contributed by atoms with Crippen LogP contribution in [-0.2, 0) is 0 Å². The molecule has 0 saturated heterocycles. The largest absolute Gasteiger partial charge is 0.349 e. The number of hydrogen-bond acceptors (Lipinski definition) is 1. The van der Waals surface area contributed by atoms with E-state index in [9.17, 15) is 0 Å². The maximum atomic E-state index is 3.44. The summed E-state index contributed by atoms with van der Waals surface area (Å²) in [6.07, 6.45) is 0. The number of H-pyrrole nitrogens is 1. The molecule has 0 unspecified atom stereocenters. The van der Waals surface area contributed by atoms with Crippen molar-refractivity contribution < 1.29 is 0 Å². The second kappa shape index (κ2) is 7.37. The molecule has 110 valence electrons. The van der Waals surface area contributed by atoms with E-state index in [0.717, 1.165) is 0 Å². The average Bonchev–Trinajstić information content (AvgIpc) is 2.92. The molecule has 0 fully saturated rings. The molecule has 0 amide bonds. The SMILES string of the molecule is CC.CC(C)c1ccc(Sc2cc3ccccc3[nH]2)cc1. The Morgan fingerprint density at radius 3 is 2.19 bits per heavy atom. The Balaban J connectivity index is 0.000000774. The summed E-state index contributed by atoms with van der Waals surface area (Å²) in [6.45, 7) is 8.44. The van der Waals surface area contributed by atoms with Crippen molar-refractivity contribution in [2.75, 3.05) is 0 Å². The van der Waals surface area contributed by atoms with Crippen LogP contribution in [0.25, 0.3) is 10.9 Å². The van der Waals surface area contributed by atoms with Crippen molar-refractivity contribution in [1.29, 1.82) is 0 Å². The highest BCUT2D eigenvalue weighted by Crippen LogP contribution is 2.30. The smallest absolute Gasteiger partial charge is 0.0780 e. The third-order valence-corrected chi connectivity index (χ3v) is 4.23. The first-order valence-electron chi connectivity index (χ1n) is 7.58. The number of nitrogens with one attached hydrogen (secondary N) is 1. The fourth-order valence-electron chi connectivity index (χ4n) is 2.15. The van der Waals surface area contributed by atoms with Gasteiger partial charge in [0.1, 0.15) is 0 Å². The highest BCUT2D eigenvalue weighted by Gasteiger charge is 2.03. The van der Waals surface area contributed by atoms with E-state index < -0.39 is 0 Å².